The maximum absolute atomic E-state index is 14.0. The number of aromatic nitrogens is 1. The number of unbranched alkanes of at least 4 members (excludes halogenated alkanes) is 3. The molecule has 3 saturated heterocycles. The van der Waals surface area contributed by atoms with E-state index in [0.717, 1.165) is 29.7 Å². The van der Waals surface area contributed by atoms with Crippen molar-refractivity contribution in [3.63, 3.8) is 0 Å². The highest BCUT2D eigenvalue weighted by atomic mass is 19.3. The van der Waals surface area contributed by atoms with E-state index in [1.807, 2.05) is 28.9 Å². The average Bonchev–Trinajstić information content (AvgIpc) is 1.89. The summed E-state index contributed by atoms with van der Waals surface area (Å²) in [5.74, 6) is -5.10. The molecule has 496 valence electrons. The molecule has 0 saturated carbocycles. The Morgan fingerprint density at radius 2 is 1.42 bits per heavy atom. The summed E-state index contributed by atoms with van der Waals surface area (Å²) in [7, 11) is 0. The molecular formula is C64H87F2N11O14. The molecule has 2 aromatic carbocycles. The zero-order valence-corrected chi connectivity index (χ0v) is 51.9. The SMILES string of the molecule is C#C[C@H]1CC(F)(F)CN1C(=O)CNC(=O)c1ccnc2ccc(OCCCCC3CCN(C(=O)CC(=O)NC(=O)[C@H](CCCCCNC(=O)CCCc4ccc(C)cc4)NC(=O)CN4CCN(COC=O)CCN(COC=O)CCN(CC(=O)O)CC4)CC3)cc12. The minimum absolute atomic E-state index is 0.0304. The number of terminal acetylenes is 1. The highest BCUT2D eigenvalue weighted by Gasteiger charge is 2.46. The maximum Gasteiger partial charge on any atom is 0.317 e. The topological polar surface area (TPSA) is 299 Å². The summed E-state index contributed by atoms with van der Waals surface area (Å²) in [6.45, 7) is 4.79. The number of halogens is 2. The molecule has 3 aliphatic heterocycles. The number of likely N-dealkylation sites (tertiary alicyclic amines) is 2. The molecule has 0 spiro atoms. The van der Waals surface area contributed by atoms with E-state index in [1.54, 1.807) is 32.9 Å². The molecule has 0 radical (unpaired) electrons. The molecule has 3 fully saturated rings. The summed E-state index contributed by atoms with van der Waals surface area (Å²) in [6, 6.07) is 12.6. The number of aliphatic carboxylic acids is 1. The number of carboxylic acids is 1. The Morgan fingerprint density at radius 1 is 0.758 bits per heavy atom. The van der Waals surface area contributed by atoms with Gasteiger partial charge in [0.1, 0.15) is 31.7 Å². The third-order valence-corrected chi connectivity index (χ3v) is 16.4. The molecule has 25 nitrogen and oxygen atoms in total. The van der Waals surface area contributed by atoms with Crippen LogP contribution in [0.3, 0.4) is 0 Å². The molecule has 2 atom stereocenters. The Kier molecular flexibility index (Phi) is 29.9. The predicted molar refractivity (Wildman–Crippen MR) is 330 cm³/mol. The number of benzene rings is 2. The fraction of sp³-hybridized carbons (Fsp3) is 0.578. The van der Waals surface area contributed by atoms with E-state index >= 15 is 0 Å². The number of ether oxygens (including phenoxy) is 3. The molecule has 0 unspecified atom stereocenters. The number of aryl methyl sites for hydroxylation is 2. The van der Waals surface area contributed by atoms with Gasteiger partial charge < -0.3 is 45.1 Å². The molecule has 27 heteroatoms. The van der Waals surface area contributed by atoms with E-state index in [4.69, 9.17) is 20.6 Å². The number of amides is 7. The van der Waals surface area contributed by atoms with Crippen LogP contribution >= 0.6 is 0 Å². The second-order valence-electron chi connectivity index (χ2n) is 23.4. The van der Waals surface area contributed by atoms with E-state index in [1.165, 1.54) is 17.8 Å². The Hall–Kier alpha value is -8.19. The lowest BCUT2D eigenvalue weighted by atomic mass is 9.91. The molecule has 0 bridgehead atoms. The number of pyridine rings is 1. The number of nitrogens with one attached hydrogen (secondary N) is 4. The van der Waals surface area contributed by atoms with E-state index in [0.29, 0.717) is 146 Å². The van der Waals surface area contributed by atoms with Crippen LogP contribution in [0.5, 0.6) is 5.75 Å². The van der Waals surface area contributed by atoms with Gasteiger partial charge in [-0.25, -0.2) is 8.78 Å². The van der Waals surface area contributed by atoms with Crippen LogP contribution in [-0.2, 0) is 59.0 Å². The van der Waals surface area contributed by atoms with Crippen LogP contribution in [0.2, 0.25) is 0 Å². The van der Waals surface area contributed by atoms with Gasteiger partial charge in [0, 0.05) is 96.4 Å². The summed E-state index contributed by atoms with van der Waals surface area (Å²) in [4.78, 5) is 141. The molecule has 3 aromatic rings. The first-order valence-corrected chi connectivity index (χ1v) is 31.2. The Balaban J connectivity index is 0.963. The predicted octanol–water partition coefficient (Wildman–Crippen LogP) is 2.71. The van der Waals surface area contributed by atoms with Crippen molar-refractivity contribution >= 4 is 71.2 Å². The first kappa shape index (κ1) is 71.9. The van der Waals surface area contributed by atoms with Gasteiger partial charge in [-0.3, -0.25) is 77.8 Å². The maximum atomic E-state index is 14.0. The lowest BCUT2D eigenvalue weighted by Gasteiger charge is -2.33. The third kappa shape index (κ3) is 25.6. The molecule has 6 rings (SSSR count). The van der Waals surface area contributed by atoms with E-state index in [2.05, 4.69) is 44.3 Å². The molecule has 5 N–H and O–H groups in total. The highest BCUT2D eigenvalue weighted by Crippen LogP contribution is 2.32. The van der Waals surface area contributed by atoms with Crippen LogP contribution in [-0.4, -0.2) is 236 Å². The van der Waals surface area contributed by atoms with Crippen molar-refractivity contribution in [2.24, 2.45) is 5.92 Å². The fourth-order valence-electron chi connectivity index (χ4n) is 11.2. The summed E-state index contributed by atoms with van der Waals surface area (Å²) >= 11 is 0. The number of carbonyl (C=O) groups is 10. The number of nitrogens with zero attached hydrogens (tertiary/aromatic N) is 7. The monoisotopic (exact) mass is 1270 g/mol. The number of fused-ring (bicyclic) bond motifs is 1. The van der Waals surface area contributed by atoms with Crippen molar-refractivity contribution < 1.29 is 76.0 Å². The van der Waals surface area contributed by atoms with Crippen molar-refractivity contribution in [1.29, 1.82) is 0 Å². The van der Waals surface area contributed by atoms with Gasteiger partial charge in [0.15, 0.2) is 0 Å². The number of carbonyl (C=O) groups excluding carboxylic acids is 9. The number of hydrogen-bond acceptors (Lipinski definition) is 18. The van der Waals surface area contributed by atoms with Crippen molar-refractivity contribution in [3.8, 4) is 18.1 Å². The van der Waals surface area contributed by atoms with Gasteiger partial charge in [-0.1, -0.05) is 55.0 Å². The summed E-state index contributed by atoms with van der Waals surface area (Å²) in [5.41, 5.74) is 3.05. The zero-order chi connectivity index (χ0) is 65.5. The van der Waals surface area contributed by atoms with Gasteiger partial charge >= 0.3 is 5.97 Å². The minimum Gasteiger partial charge on any atom is -0.494 e. The first-order chi connectivity index (χ1) is 43.8. The molecule has 4 heterocycles. The Labute approximate surface area is 529 Å². The van der Waals surface area contributed by atoms with Crippen LogP contribution in [0.1, 0.15) is 105 Å². The fourth-order valence-corrected chi connectivity index (χ4v) is 11.2. The van der Waals surface area contributed by atoms with Gasteiger partial charge in [-0.05, 0) is 94.0 Å². The summed E-state index contributed by atoms with van der Waals surface area (Å²) in [6.07, 6.45) is 13.0. The van der Waals surface area contributed by atoms with Gasteiger partial charge in [0.05, 0.1) is 49.9 Å². The number of hydrogen-bond donors (Lipinski definition) is 5. The lowest BCUT2D eigenvalue weighted by Crippen LogP contribution is -2.53. The summed E-state index contributed by atoms with van der Waals surface area (Å²) < 4.78 is 44.0. The molecule has 1 aromatic heterocycles. The van der Waals surface area contributed by atoms with Crippen LogP contribution < -0.4 is 26.0 Å². The number of piperidine rings is 1. The zero-order valence-electron chi connectivity index (χ0n) is 51.9. The van der Waals surface area contributed by atoms with Crippen molar-refractivity contribution in [2.45, 2.75) is 115 Å². The van der Waals surface area contributed by atoms with Gasteiger partial charge in [-0.2, -0.15) is 0 Å². The minimum atomic E-state index is -3.11. The first-order valence-electron chi connectivity index (χ1n) is 31.2. The number of alkyl halides is 2. The normalized spacial score (nSPS) is 17.5. The standard InChI is InChI=1S/C64H87F2N11O14/c1-3-50-38-64(65,66)42-77(50)60(84)39-69-62(87)52-20-24-67-54-19-18-51(36-53(52)54)91-35-8-6-10-49-21-25-76(26-22-49)59(83)37-57(81)71-63(88)55(12-5-4-7-23-68-56(80)13-9-11-48-16-14-47(2)15-17-48)70-58(82)40-72-27-28-73(41-61(85)86)30-32-75(44-90-46-79)34-33-74(31-29-72)43-89-45-78/h1,14-20,24,36,45-46,49-50,55H,4-13,21-23,25-35,37-44H2,2H3,(H,68,80)(H,69,87)(H,70,82)(H,85,86)(H,71,81,88)/t50-,55-/m0/s1. The summed E-state index contributed by atoms with van der Waals surface area (Å²) in [5, 5.41) is 20.8. The quantitative estimate of drug-likeness (QED) is 0.0253. The van der Waals surface area contributed by atoms with Gasteiger partial charge in [0.2, 0.25) is 35.4 Å². The van der Waals surface area contributed by atoms with Crippen LogP contribution in [0.25, 0.3) is 10.9 Å². The Morgan fingerprint density at radius 3 is 2.07 bits per heavy atom. The van der Waals surface area contributed by atoms with Crippen molar-refractivity contribution in [3.05, 3.63) is 71.4 Å². The average molecular weight is 1270 g/mol. The molecular weight excluding hydrogens is 1180 g/mol. The van der Waals surface area contributed by atoms with Crippen LogP contribution in [0.15, 0.2) is 54.7 Å². The highest BCUT2D eigenvalue weighted by molar-refractivity contribution is 6.07. The van der Waals surface area contributed by atoms with Crippen molar-refractivity contribution in [1.82, 2.24) is 55.7 Å². The van der Waals surface area contributed by atoms with E-state index in [-0.39, 0.29) is 64.1 Å². The number of carboxylic acid groups (broad SMARTS) is 1. The van der Waals surface area contributed by atoms with Crippen molar-refractivity contribution in [2.75, 3.05) is 118 Å². The van der Waals surface area contributed by atoms with Crippen LogP contribution in [0, 0.1) is 25.2 Å². The smallest absolute Gasteiger partial charge is 0.317 e. The van der Waals surface area contributed by atoms with E-state index < -0.39 is 85.3 Å². The second-order valence-corrected chi connectivity index (χ2v) is 23.4. The number of imide groups is 1. The second kappa shape index (κ2) is 37.8. The number of rotatable bonds is 33. The van der Waals surface area contributed by atoms with E-state index in [9.17, 15) is 61.8 Å². The largest absolute Gasteiger partial charge is 0.494 e. The van der Waals surface area contributed by atoms with Gasteiger partial charge in [0.25, 0.3) is 24.8 Å². The van der Waals surface area contributed by atoms with Crippen LogP contribution in [0.4, 0.5) is 8.78 Å². The molecule has 7 amide bonds. The Bertz CT molecular complexity index is 2960. The molecule has 91 heavy (non-hydrogen) atoms. The molecule has 3 aliphatic rings. The lowest BCUT2D eigenvalue weighted by molar-refractivity contribution is -0.140. The third-order valence-electron chi connectivity index (χ3n) is 16.4. The van der Waals surface area contributed by atoms with Gasteiger partial charge in [-0.15, -0.1) is 6.42 Å². The molecule has 0 aliphatic carbocycles.